The minimum absolute atomic E-state index is 0.0495. The van der Waals surface area contributed by atoms with Crippen molar-refractivity contribution in [1.29, 1.82) is 0 Å². The first-order valence-electron chi connectivity index (χ1n) is 9.43. The fourth-order valence-electron chi connectivity index (χ4n) is 3.49. The van der Waals surface area contributed by atoms with Gasteiger partial charge in [0.1, 0.15) is 11.6 Å². The molecule has 7 heteroatoms. The lowest BCUT2D eigenvalue weighted by atomic mass is 10.1. The number of benzene rings is 2. The lowest BCUT2D eigenvalue weighted by Gasteiger charge is -2.31. The predicted octanol–water partition coefficient (Wildman–Crippen LogP) is 1.80. The first kappa shape index (κ1) is 18.6. The normalized spacial score (nSPS) is 15.0. The van der Waals surface area contributed by atoms with E-state index in [-0.39, 0.29) is 11.8 Å². The van der Waals surface area contributed by atoms with Crippen LogP contribution in [0.15, 0.2) is 48.5 Å². The number of quaternary nitrogens is 1. The van der Waals surface area contributed by atoms with Crippen LogP contribution in [0.1, 0.15) is 22.3 Å². The minimum atomic E-state index is -0.119. The third-order valence-corrected chi connectivity index (χ3v) is 5.99. The van der Waals surface area contributed by atoms with Crippen LogP contribution >= 0.6 is 11.3 Å². The summed E-state index contributed by atoms with van der Waals surface area (Å²) in [7, 11) is 0. The zero-order valence-corrected chi connectivity index (χ0v) is 16.6. The van der Waals surface area contributed by atoms with Gasteiger partial charge in [-0.25, -0.2) is 4.98 Å². The number of anilines is 1. The quantitative estimate of drug-likeness (QED) is 0.708. The fourth-order valence-corrected chi connectivity index (χ4v) is 4.53. The summed E-state index contributed by atoms with van der Waals surface area (Å²) >= 11 is 1.76. The lowest BCUT2D eigenvalue weighted by molar-refractivity contribution is -0.917. The van der Waals surface area contributed by atoms with Crippen LogP contribution in [0.2, 0.25) is 0 Å². The van der Waals surface area contributed by atoms with E-state index in [0.29, 0.717) is 11.3 Å². The first-order chi connectivity index (χ1) is 13.6. The van der Waals surface area contributed by atoms with Crippen LogP contribution in [-0.2, 0) is 11.3 Å². The second kappa shape index (κ2) is 8.08. The van der Waals surface area contributed by atoms with Crippen molar-refractivity contribution in [2.75, 3.05) is 31.5 Å². The molecule has 1 fully saturated rings. The van der Waals surface area contributed by atoms with E-state index in [0.717, 1.165) is 43.2 Å². The molecule has 4 rings (SSSR count). The van der Waals surface area contributed by atoms with E-state index in [1.165, 1.54) is 16.5 Å². The van der Waals surface area contributed by atoms with Crippen LogP contribution in [0.5, 0.6) is 0 Å². The van der Waals surface area contributed by atoms with E-state index in [1.54, 1.807) is 35.6 Å². The molecule has 0 bridgehead atoms. The average Bonchev–Trinajstić information content (AvgIpc) is 3.10. The first-order valence-corrected chi connectivity index (χ1v) is 10.2. The number of carbonyl (C=O) groups is 2. The third kappa shape index (κ3) is 4.21. The molecule has 0 radical (unpaired) electrons. The van der Waals surface area contributed by atoms with Gasteiger partial charge in [-0.1, -0.05) is 12.1 Å². The summed E-state index contributed by atoms with van der Waals surface area (Å²) in [6.45, 7) is 5.71. The number of para-hydroxylation sites is 1. The van der Waals surface area contributed by atoms with Crippen LogP contribution in [0.25, 0.3) is 10.2 Å². The molecule has 28 heavy (non-hydrogen) atoms. The molecular weight excluding hydrogens is 372 g/mol. The summed E-state index contributed by atoms with van der Waals surface area (Å²) < 4.78 is 1.23. The minimum Gasteiger partial charge on any atom is -0.327 e. The summed E-state index contributed by atoms with van der Waals surface area (Å²) in [5.41, 5.74) is 2.43. The van der Waals surface area contributed by atoms with Gasteiger partial charge in [0.05, 0.1) is 36.4 Å². The van der Waals surface area contributed by atoms with Crippen molar-refractivity contribution in [2.45, 2.75) is 13.5 Å². The highest BCUT2D eigenvalue weighted by molar-refractivity contribution is 7.18. The Kier molecular flexibility index (Phi) is 5.36. The van der Waals surface area contributed by atoms with Crippen molar-refractivity contribution in [3.63, 3.8) is 0 Å². The van der Waals surface area contributed by atoms with Gasteiger partial charge in [-0.3, -0.25) is 9.59 Å². The highest BCUT2D eigenvalue weighted by Crippen LogP contribution is 2.20. The number of piperazine rings is 1. The van der Waals surface area contributed by atoms with E-state index in [2.05, 4.69) is 17.4 Å². The van der Waals surface area contributed by atoms with E-state index in [4.69, 9.17) is 4.98 Å². The number of rotatable bonds is 4. The van der Waals surface area contributed by atoms with Gasteiger partial charge in [0.2, 0.25) is 5.91 Å². The number of thiazole rings is 1. The number of aromatic nitrogens is 1. The average molecular weight is 396 g/mol. The fraction of sp³-hybridized carbons (Fsp3) is 0.286. The number of hydrogen-bond acceptors (Lipinski definition) is 4. The topological polar surface area (TPSA) is 66.7 Å². The summed E-state index contributed by atoms with van der Waals surface area (Å²) in [4.78, 5) is 31.9. The van der Waals surface area contributed by atoms with Crippen LogP contribution in [0.3, 0.4) is 0 Å². The maximum absolute atomic E-state index is 12.7. The van der Waals surface area contributed by atoms with Gasteiger partial charge in [-0.05, 0) is 36.4 Å². The van der Waals surface area contributed by atoms with Crippen molar-refractivity contribution < 1.29 is 14.5 Å². The van der Waals surface area contributed by atoms with Crippen molar-refractivity contribution in [3.8, 4) is 0 Å². The van der Waals surface area contributed by atoms with Crippen molar-refractivity contribution in [3.05, 3.63) is 59.1 Å². The molecule has 1 aliphatic heterocycles. The van der Waals surface area contributed by atoms with Gasteiger partial charge >= 0.3 is 0 Å². The number of nitrogens with one attached hydrogen (secondary N) is 2. The van der Waals surface area contributed by atoms with Crippen molar-refractivity contribution in [2.24, 2.45) is 0 Å². The Bertz CT molecular complexity index is 958. The molecule has 2 amide bonds. The Morgan fingerprint density at radius 3 is 2.50 bits per heavy atom. The molecule has 0 atom stereocenters. The number of carbonyl (C=O) groups excluding carboxylic acids is 2. The van der Waals surface area contributed by atoms with Gasteiger partial charge in [0.15, 0.2) is 0 Å². The summed E-state index contributed by atoms with van der Waals surface area (Å²) in [5.74, 6) is -0.0697. The largest absolute Gasteiger partial charge is 0.327 e. The van der Waals surface area contributed by atoms with Crippen LogP contribution in [0.4, 0.5) is 5.69 Å². The molecule has 2 aromatic carbocycles. The van der Waals surface area contributed by atoms with Gasteiger partial charge in [0, 0.05) is 18.2 Å². The van der Waals surface area contributed by atoms with Crippen LogP contribution in [0, 0.1) is 0 Å². The number of fused-ring (bicyclic) bond motifs is 1. The molecule has 144 valence electrons. The Morgan fingerprint density at radius 2 is 1.82 bits per heavy atom. The Balaban J connectivity index is 1.33. The molecule has 1 aromatic heterocycles. The molecule has 3 aromatic rings. The number of nitrogens with zero attached hydrogens (tertiary/aromatic N) is 2. The monoisotopic (exact) mass is 395 g/mol. The van der Waals surface area contributed by atoms with Gasteiger partial charge in [-0.2, -0.15) is 0 Å². The molecule has 6 nitrogen and oxygen atoms in total. The standard InChI is InChI=1S/C21H22N4O2S/c1-15(26)22-17-8-6-16(7-9-17)21(27)25-12-10-24(11-13-25)14-20-23-18-4-2-3-5-19(18)28-20/h2-9H,10-14H2,1H3,(H,22,26)/p+1. The SMILES string of the molecule is CC(=O)Nc1ccc(C(=O)N2CC[NH+](Cc3nc4ccccc4s3)CC2)cc1. The maximum Gasteiger partial charge on any atom is 0.254 e. The van der Waals surface area contributed by atoms with Gasteiger partial charge in [-0.15, -0.1) is 11.3 Å². The highest BCUT2D eigenvalue weighted by atomic mass is 32.1. The molecule has 2 N–H and O–H groups in total. The maximum atomic E-state index is 12.7. The summed E-state index contributed by atoms with van der Waals surface area (Å²) in [6.07, 6.45) is 0. The lowest BCUT2D eigenvalue weighted by Crippen LogP contribution is -3.13. The summed E-state index contributed by atoms with van der Waals surface area (Å²) in [6, 6.07) is 15.3. The second-order valence-electron chi connectivity index (χ2n) is 7.05. The van der Waals surface area contributed by atoms with E-state index in [1.807, 2.05) is 17.0 Å². The Morgan fingerprint density at radius 1 is 1.11 bits per heavy atom. The summed E-state index contributed by atoms with van der Waals surface area (Å²) in [5, 5.41) is 3.87. The van der Waals surface area contributed by atoms with E-state index in [9.17, 15) is 9.59 Å². The predicted molar refractivity (Wildman–Crippen MR) is 111 cm³/mol. The van der Waals surface area contributed by atoms with Crippen LogP contribution < -0.4 is 10.2 Å². The van der Waals surface area contributed by atoms with E-state index >= 15 is 0 Å². The molecule has 2 heterocycles. The van der Waals surface area contributed by atoms with Crippen LogP contribution in [-0.4, -0.2) is 47.9 Å². The van der Waals surface area contributed by atoms with E-state index < -0.39 is 0 Å². The van der Waals surface area contributed by atoms with Gasteiger partial charge in [0.25, 0.3) is 5.91 Å². The highest BCUT2D eigenvalue weighted by Gasteiger charge is 2.25. The Labute approximate surface area is 167 Å². The molecular formula is C21H23N4O2S+. The Hall–Kier alpha value is -2.77. The van der Waals surface area contributed by atoms with Crippen molar-refractivity contribution in [1.82, 2.24) is 9.88 Å². The molecule has 1 saturated heterocycles. The smallest absolute Gasteiger partial charge is 0.254 e. The zero-order valence-electron chi connectivity index (χ0n) is 15.8. The molecule has 0 aliphatic carbocycles. The van der Waals surface area contributed by atoms with Crippen molar-refractivity contribution >= 4 is 39.1 Å². The second-order valence-corrected chi connectivity index (χ2v) is 8.17. The zero-order chi connectivity index (χ0) is 19.5. The number of amides is 2. The molecule has 1 aliphatic rings. The number of hydrogen-bond donors (Lipinski definition) is 2. The third-order valence-electron chi connectivity index (χ3n) is 4.95. The van der Waals surface area contributed by atoms with Gasteiger partial charge < -0.3 is 15.1 Å². The molecule has 0 saturated carbocycles. The molecule has 0 spiro atoms. The molecule has 0 unspecified atom stereocenters.